The van der Waals surface area contributed by atoms with Gasteiger partial charge in [0, 0.05) is 18.5 Å². The van der Waals surface area contributed by atoms with Crippen LogP contribution < -0.4 is 15.7 Å². The molecule has 0 saturated heterocycles. The number of benzene rings is 2. The van der Waals surface area contributed by atoms with Crippen LogP contribution in [0.4, 0.5) is 27.6 Å². The molecule has 1 fully saturated rings. The second kappa shape index (κ2) is 9.16. The summed E-state index contributed by atoms with van der Waals surface area (Å²) in [5.74, 6) is -3.21. The molecule has 1 saturated carbocycles. The average molecular weight is 496 g/mol. The van der Waals surface area contributed by atoms with E-state index < -0.39 is 53.0 Å². The van der Waals surface area contributed by atoms with E-state index in [-0.39, 0.29) is 11.7 Å². The summed E-state index contributed by atoms with van der Waals surface area (Å²) >= 11 is 0. The first-order chi connectivity index (χ1) is 16.5. The summed E-state index contributed by atoms with van der Waals surface area (Å²) in [7, 11) is 0. The summed E-state index contributed by atoms with van der Waals surface area (Å²) in [6, 6.07) is 5.40. The van der Waals surface area contributed by atoms with E-state index in [0.29, 0.717) is 23.9 Å². The first kappa shape index (κ1) is 24.4. The lowest BCUT2D eigenvalue weighted by Gasteiger charge is -2.16. The number of halogens is 5. The fraction of sp³-hybridized carbons (Fsp3) is 0.348. The monoisotopic (exact) mass is 496 g/mol. The Morgan fingerprint density at radius 1 is 1.20 bits per heavy atom. The van der Waals surface area contributed by atoms with Crippen molar-refractivity contribution < 1.29 is 31.5 Å². The number of aromatic nitrogens is 3. The van der Waals surface area contributed by atoms with Crippen LogP contribution >= 0.6 is 0 Å². The Balaban J connectivity index is 1.79. The van der Waals surface area contributed by atoms with Crippen molar-refractivity contribution in [3.05, 3.63) is 69.4 Å². The normalized spacial score (nSPS) is 13.7. The predicted octanol–water partition coefficient (Wildman–Crippen LogP) is 4.71. The van der Waals surface area contributed by atoms with Gasteiger partial charge in [0.05, 0.1) is 11.3 Å². The molecule has 12 heteroatoms. The summed E-state index contributed by atoms with van der Waals surface area (Å²) in [4.78, 5) is 25.7. The Morgan fingerprint density at radius 2 is 1.91 bits per heavy atom. The minimum Gasteiger partial charge on any atom is -0.483 e. The summed E-state index contributed by atoms with van der Waals surface area (Å²) in [5, 5.41) is 6.38. The van der Waals surface area contributed by atoms with Crippen molar-refractivity contribution in [2.75, 3.05) is 11.9 Å². The maximum Gasteiger partial charge on any atom is 0.422 e. The number of anilines is 1. The van der Waals surface area contributed by atoms with Gasteiger partial charge < -0.3 is 10.1 Å². The van der Waals surface area contributed by atoms with Crippen molar-refractivity contribution in [1.29, 1.82) is 0 Å². The van der Waals surface area contributed by atoms with Crippen molar-refractivity contribution in [3.63, 3.8) is 0 Å². The first-order valence-electron chi connectivity index (χ1n) is 10.8. The molecule has 2 aromatic carbocycles. The molecule has 1 aliphatic carbocycles. The zero-order valence-corrected chi connectivity index (χ0v) is 18.7. The molecule has 0 radical (unpaired) electrons. The van der Waals surface area contributed by atoms with Gasteiger partial charge in [0.2, 0.25) is 0 Å². The molecular weight excluding hydrogens is 475 g/mol. The van der Waals surface area contributed by atoms with Crippen LogP contribution in [0.15, 0.2) is 35.1 Å². The van der Waals surface area contributed by atoms with E-state index in [1.807, 2.05) is 0 Å². The number of rotatable bonds is 7. The molecule has 4 rings (SSSR count). The van der Waals surface area contributed by atoms with Crippen LogP contribution in [0.3, 0.4) is 0 Å². The van der Waals surface area contributed by atoms with E-state index in [0.717, 1.165) is 29.7 Å². The van der Waals surface area contributed by atoms with E-state index in [9.17, 15) is 27.2 Å². The molecule has 0 bridgehead atoms. The standard InChI is InChI=1S/C23H21F5N4O3/c1-3-19-30-32(22(34)31(19)13-7-8-13)17-10-18(35-11-23(26,27)28)14(9-16(17)25)21(33)29-20-12(2)5-4-6-15(20)24/h4-6,9-10,13H,3,7-8,11H2,1-2H3,(H,29,33). The quantitative estimate of drug-likeness (QED) is 0.481. The van der Waals surface area contributed by atoms with Gasteiger partial charge >= 0.3 is 11.9 Å². The summed E-state index contributed by atoms with van der Waals surface area (Å²) in [6.07, 6.45) is -2.87. The van der Waals surface area contributed by atoms with Gasteiger partial charge in [-0.15, -0.1) is 5.10 Å². The number of carbonyl (C=O) groups is 1. The molecule has 1 aliphatic rings. The highest BCUT2D eigenvalue weighted by molar-refractivity contribution is 6.06. The van der Waals surface area contributed by atoms with Crippen molar-refractivity contribution in [2.45, 2.75) is 45.3 Å². The van der Waals surface area contributed by atoms with Crippen LogP contribution in [0.5, 0.6) is 5.75 Å². The molecule has 1 aromatic heterocycles. The van der Waals surface area contributed by atoms with Crippen molar-refractivity contribution in [2.24, 2.45) is 0 Å². The number of ether oxygens (including phenoxy) is 1. The van der Waals surface area contributed by atoms with Crippen LogP contribution in [-0.2, 0) is 6.42 Å². The van der Waals surface area contributed by atoms with E-state index in [2.05, 4.69) is 10.4 Å². The molecule has 1 amide bonds. The lowest BCUT2D eigenvalue weighted by molar-refractivity contribution is -0.153. The second-order valence-electron chi connectivity index (χ2n) is 8.15. The van der Waals surface area contributed by atoms with Gasteiger partial charge in [0.15, 0.2) is 6.61 Å². The number of carbonyl (C=O) groups excluding carboxylic acids is 1. The molecule has 0 spiro atoms. The van der Waals surface area contributed by atoms with Crippen LogP contribution in [0.1, 0.15) is 47.6 Å². The van der Waals surface area contributed by atoms with Crippen molar-refractivity contribution in [1.82, 2.24) is 14.3 Å². The zero-order chi connectivity index (χ0) is 25.5. The maximum atomic E-state index is 15.1. The Kier molecular flexibility index (Phi) is 6.39. The summed E-state index contributed by atoms with van der Waals surface area (Å²) in [6.45, 7) is 1.50. The fourth-order valence-electron chi connectivity index (χ4n) is 3.65. The van der Waals surface area contributed by atoms with E-state index in [1.54, 1.807) is 6.92 Å². The van der Waals surface area contributed by atoms with Gasteiger partial charge in [-0.2, -0.15) is 17.9 Å². The van der Waals surface area contributed by atoms with Crippen LogP contribution in [0.25, 0.3) is 5.69 Å². The molecule has 1 N–H and O–H groups in total. The third-order valence-electron chi connectivity index (χ3n) is 5.48. The van der Waals surface area contributed by atoms with Crippen molar-refractivity contribution in [3.8, 4) is 11.4 Å². The van der Waals surface area contributed by atoms with Crippen molar-refractivity contribution >= 4 is 11.6 Å². The summed E-state index contributed by atoms with van der Waals surface area (Å²) in [5.41, 5.74) is -1.60. The maximum absolute atomic E-state index is 15.1. The molecule has 35 heavy (non-hydrogen) atoms. The van der Waals surface area contributed by atoms with Gasteiger partial charge in [-0.3, -0.25) is 9.36 Å². The van der Waals surface area contributed by atoms with E-state index >= 15 is 4.39 Å². The molecule has 1 heterocycles. The molecule has 186 valence electrons. The Morgan fingerprint density at radius 3 is 2.51 bits per heavy atom. The average Bonchev–Trinajstić information content (AvgIpc) is 3.57. The van der Waals surface area contributed by atoms with Crippen LogP contribution in [0, 0.1) is 18.6 Å². The predicted molar refractivity (Wildman–Crippen MR) is 116 cm³/mol. The minimum atomic E-state index is -4.76. The van der Waals surface area contributed by atoms with Gasteiger partial charge in [-0.1, -0.05) is 19.1 Å². The van der Waals surface area contributed by atoms with E-state index in [4.69, 9.17) is 4.74 Å². The fourth-order valence-corrected chi connectivity index (χ4v) is 3.65. The molecule has 0 unspecified atom stereocenters. The second-order valence-corrected chi connectivity index (χ2v) is 8.15. The molecular formula is C23H21F5N4O3. The highest BCUT2D eigenvalue weighted by atomic mass is 19.4. The van der Waals surface area contributed by atoms with Crippen LogP contribution in [-0.4, -0.2) is 33.0 Å². The third-order valence-corrected chi connectivity index (χ3v) is 5.48. The smallest absolute Gasteiger partial charge is 0.422 e. The number of nitrogens with zero attached hydrogens (tertiary/aromatic N) is 3. The van der Waals surface area contributed by atoms with Gasteiger partial charge in [0.25, 0.3) is 5.91 Å². The Bertz CT molecular complexity index is 1320. The lowest BCUT2D eigenvalue weighted by Crippen LogP contribution is -2.25. The Hall–Kier alpha value is -3.70. The number of alkyl halides is 3. The number of hydrogen-bond donors (Lipinski definition) is 1. The summed E-state index contributed by atoms with van der Waals surface area (Å²) < 4.78 is 74.9. The Labute approximate surface area is 196 Å². The van der Waals surface area contributed by atoms with E-state index in [1.165, 1.54) is 23.6 Å². The van der Waals surface area contributed by atoms with Gasteiger partial charge in [0.1, 0.15) is 28.9 Å². The zero-order valence-electron chi connectivity index (χ0n) is 18.7. The highest BCUT2D eigenvalue weighted by Crippen LogP contribution is 2.35. The number of nitrogens with one attached hydrogen (secondary N) is 1. The largest absolute Gasteiger partial charge is 0.483 e. The number of para-hydroxylation sites is 1. The minimum absolute atomic E-state index is 0.0655. The first-order valence-corrected chi connectivity index (χ1v) is 10.8. The molecule has 3 aromatic rings. The van der Waals surface area contributed by atoms with Gasteiger partial charge in [-0.05, 0) is 37.5 Å². The molecule has 0 aliphatic heterocycles. The van der Waals surface area contributed by atoms with Crippen LogP contribution in [0.2, 0.25) is 0 Å². The number of hydrogen-bond acceptors (Lipinski definition) is 4. The molecule has 0 atom stereocenters. The highest BCUT2D eigenvalue weighted by Gasteiger charge is 2.32. The van der Waals surface area contributed by atoms with Gasteiger partial charge in [-0.25, -0.2) is 13.6 Å². The lowest BCUT2D eigenvalue weighted by atomic mass is 10.1. The number of amides is 1. The SMILES string of the molecule is CCc1nn(-c2cc(OCC(F)(F)F)c(C(=O)Nc3c(C)cccc3F)cc2F)c(=O)n1C1CC1. The topological polar surface area (TPSA) is 78.2 Å². The number of aryl methyl sites for hydroxylation is 2. The molecule has 7 nitrogen and oxygen atoms in total. The third kappa shape index (κ3) is 5.05.